The van der Waals surface area contributed by atoms with Gasteiger partial charge in [0.2, 0.25) is 0 Å². The van der Waals surface area contributed by atoms with Crippen LogP contribution in [-0.2, 0) is 9.53 Å². The molecule has 0 amide bonds. The van der Waals surface area contributed by atoms with Gasteiger partial charge in [0.1, 0.15) is 6.10 Å². The van der Waals surface area contributed by atoms with Crippen LogP contribution in [0.5, 0.6) is 0 Å². The molecule has 3 heteroatoms. The first-order chi connectivity index (χ1) is 10.6. The smallest absolute Gasteiger partial charge is 0.168 e. The first-order valence-electron chi connectivity index (χ1n) is 8.91. The van der Waals surface area contributed by atoms with Gasteiger partial charge in [-0.05, 0) is 58.3 Å². The van der Waals surface area contributed by atoms with E-state index in [1.54, 1.807) is 0 Å². The van der Waals surface area contributed by atoms with E-state index < -0.39 is 5.60 Å². The fraction of sp³-hybridized carbons (Fsp3) is 0.750. The number of carbonyl (C=O) groups excluding carboxylic acids is 1. The van der Waals surface area contributed by atoms with Crippen molar-refractivity contribution in [3.8, 4) is 0 Å². The van der Waals surface area contributed by atoms with Crippen LogP contribution in [0.2, 0.25) is 0 Å². The van der Waals surface area contributed by atoms with Crippen LogP contribution < -0.4 is 0 Å². The van der Waals surface area contributed by atoms with Gasteiger partial charge in [0, 0.05) is 6.42 Å². The molecule has 0 bridgehead atoms. The fourth-order valence-electron chi connectivity index (χ4n) is 3.40. The minimum Gasteiger partial charge on any atom is -0.386 e. The Labute approximate surface area is 140 Å². The summed E-state index contributed by atoms with van der Waals surface area (Å²) in [5.41, 5.74) is -0.00400. The molecule has 4 atom stereocenters. The third-order valence-electron chi connectivity index (χ3n) is 5.31. The predicted molar refractivity (Wildman–Crippen MR) is 93.2 cm³/mol. The first kappa shape index (κ1) is 18.4. The quantitative estimate of drug-likeness (QED) is 0.582. The van der Waals surface area contributed by atoms with Crippen LogP contribution in [0.3, 0.4) is 0 Å². The molecule has 1 heterocycles. The van der Waals surface area contributed by atoms with Crippen molar-refractivity contribution in [3.63, 3.8) is 0 Å². The van der Waals surface area contributed by atoms with E-state index in [2.05, 4.69) is 32.9 Å². The monoisotopic (exact) mass is 320 g/mol. The van der Waals surface area contributed by atoms with Gasteiger partial charge in [-0.2, -0.15) is 0 Å². The van der Waals surface area contributed by atoms with Crippen molar-refractivity contribution >= 4 is 5.78 Å². The van der Waals surface area contributed by atoms with Gasteiger partial charge in [0.15, 0.2) is 5.78 Å². The Kier molecular flexibility index (Phi) is 5.52. The molecule has 0 aromatic heterocycles. The average molecular weight is 320 g/mol. The Balaban J connectivity index is 2.18. The number of epoxide rings is 1. The Morgan fingerprint density at radius 3 is 2.65 bits per heavy atom. The predicted octanol–water partition coefficient (Wildman–Crippen LogP) is 4.20. The summed E-state index contributed by atoms with van der Waals surface area (Å²) in [4.78, 5) is 12.4. The van der Waals surface area contributed by atoms with Crippen LogP contribution in [0.4, 0.5) is 0 Å². The third-order valence-corrected chi connectivity index (χ3v) is 5.31. The molecule has 1 fully saturated rings. The second kappa shape index (κ2) is 6.90. The van der Waals surface area contributed by atoms with Crippen molar-refractivity contribution in [2.45, 2.75) is 84.0 Å². The largest absolute Gasteiger partial charge is 0.386 e. The summed E-state index contributed by atoms with van der Waals surface area (Å²) in [5, 5.41) is 10.5. The van der Waals surface area contributed by atoms with Crippen molar-refractivity contribution in [3.05, 3.63) is 23.8 Å². The van der Waals surface area contributed by atoms with Crippen molar-refractivity contribution in [2.24, 2.45) is 11.8 Å². The second-order valence-electron chi connectivity index (χ2n) is 8.21. The number of hydrogen-bond donors (Lipinski definition) is 1. The average Bonchev–Trinajstić information content (AvgIpc) is 3.09. The van der Waals surface area contributed by atoms with Gasteiger partial charge in [-0.1, -0.05) is 37.6 Å². The van der Waals surface area contributed by atoms with Crippen molar-refractivity contribution in [1.82, 2.24) is 0 Å². The minimum atomic E-state index is -0.791. The summed E-state index contributed by atoms with van der Waals surface area (Å²) < 4.78 is 5.76. The van der Waals surface area contributed by atoms with E-state index in [0.29, 0.717) is 24.7 Å². The van der Waals surface area contributed by atoms with Gasteiger partial charge in [-0.3, -0.25) is 4.79 Å². The molecule has 0 spiro atoms. The standard InChI is InChI=1S/C20H32O3/c1-14(2)16-8-11-19(4,22)10-6-7-15(3)13-17(21)18-20(5,23-18)12-9-16/h7-8,11,14,16,18,22H,6,9-10,12-13H2,1-5H3/b11-8+,15-7+/t16?,18-,19+,20+/m0/s1. The van der Waals surface area contributed by atoms with Gasteiger partial charge in [-0.15, -0.1) is 0 Å². The number of Topliss-reactive ketones (excluding diaryl/α,β-unsaturated/α-hetero) is 1. The summed E-state index contributed by atoms with van der Waals surface area (Å²) in [6, 6.07) is 0. The molecule has 3 nitrogen and oxygen atoms in total. The lowest BCUT2D eigenvalue weighted by Crippen LogP contribution is -2.23. The first-order valence-corrected chi connectivity index (χ1v) is 8.91. The summed E-state index contributed by atoms with van der Waals surface area (Å²) in [7, 11) is 0. The van der Waals surface area contributed by atoms with Gasteiger partial charge in [0.25, 0.3) is 0 Å². The molecule has 130 valence electrons. The summed E-state index contributed by atoms with van der Waals surface area (Å²) >= 11 is 0. The molecule has 1 aliphatic carbocycles. The molecule has 1 N–H and O–H groups in total. The molecule has 0 aromatic carbocycles. The Morgan fingerprint density at radius 2 is 2.00 bits per heavy atom. The van der Waals surface area contributed by atoms with Gasteiger partial charge < -0.3 is 9.84 Å². The van der Waals surface area contributed by atoms with Gasteiger partial charge >= 0.3 is 0 Å². The van der Waals surface area contributed by atoms with E-state index in [4.69, 9.17) is 4.74 Å². The van der Waals surface area contributed by atoms with E-state index >= 15 is 0 Å². The molecule has 0 saturated carbocycles. The molecule has 1 saturated heterocycles. The van der Waals surface area contributed by atoms with Crippen molar-refractivity contribution in [2.75, 3.05) is 0 Å². The number of hydrogen-bond acceptors (Lipinski definition) is 3. The molecular formula is C20H32O3. The Bertz CT molecular complexity index is 501. The van der Waals surface area contributed by atoms with E-state index in [1.807, 2.05) is 19.9 Å². The highest BCUT2D eigenvalue weighted by Gasteiger charge is 2.55. The number of carbonyl (C=O) groups is 1. The van der Waals surface area contributed by atoms with Gasteiger partial charge in [-0.25, -0.2) is 0 Å². The highest BCUT2D eigenvalue weighted by Crippen LogP contribution is 2.43. The lowest BCUT2D eigenvalue weighted by atomic mass is 9.84. The Morgan fingerprint density at radius 1 is 1.30 bits per heavy atom. The molecular weight excluding hydrogens is 288 g/mol. The van der Waals surface area contributed by atoms with Crippen LogP contribution in [0.25, 0.3) is 0 Å². The lowest BCUT2D eigenvalue weighted by Gasteiger charge is -2.23. The van der Waals surface area contributed by atoms with Crippen molar-refractivity contribution < 1.29 is 14.6 Å². The Hall–Kier alpha value is -0.930. The topological polar surface area (TPSA) is 49.8 Å². The lowest BCUT2D eigenvalue weighted by molar-refractivity contribution is -0.119. The normalized spacial score (nSPS) is 43.3. The molecule has 2 rings (SSSR count). The van der Waals surface area contributed by atoms with E-state index in [-0.39, 0.29) is 17.5 Å². The van der Waals surface area contributed by atoms with Crippen molar-refractivity contribution in [1.29, 1.82) is 0 Å². The van der Waals surface area contributed by atoms with Crippen LogP contribution in [0, 0.1) is 11.8 Å². The maximum atomic E-state index is 12.4. The molecule has 23 heavy (non-hydrogen) atoms. The summed E-state index contributed by atoms with van der Waals surface area (Å²) in [6.45, 7) is 10.3. The highest BCUT2D eigenvalue weighted by molar-refractivity contribution is 5.88. The third kappa shape index (κ3) is 5.02. The van der Waals surface area contributed by atoms with E-state index in [0.717, 1.165) is 24.8 Å². The zero-order chi connectivity index (χ0) is 17.3. The number of aliphatic hydroxyl groups is 1. The maximum absolute atomic E-state index is 12.4. The molecule has 1 aliphatic heterocycles. The highest BCUT2D eigenvalue weighted by atomic mass is 16.6. The van der Waals surface area contributed by atoms with Crippen LogP contribution in [0.15, 0.2) is 23.8 Å². The summed E-state index contributed by atoms with van der Waals surface area (Å²) in [5.74, 6) is 1.11. The van der Waals surface area contributed by atoms with Crippen LogP contribution in [-0.4, -0.2) is 28.2 Å². The summed E-state index contributed by atoms with van der Waals surface area (Å²) in [6.07, 6.45) is 9.77. The number of ketones is 1. The fourth-order valence-corrected chi connectivity index (χ4v) is 3.40. The number of rotatable bonds is 1. The number of allylic oxidation sites excluding steroid dienone is 3. The molecule has 1 unspecified atom stereocenters. The van der Waals surface area contributed by atoms with Crippen LogP contribution in [0.1, 0.15) is 66.7 Å². The number of fused-ring (bicyclic) bond motifs is 1. The van der Waals surface area contributed by atoms with Crippen LogP contribution >= 0.6 is 0 Å². The molecule has 0 aromatic rings. The minimum absolute atomic E-state index is 0.196. The zero-order valence-electron chi connectivity index (χ0n) is 15.3. The van der Waals surface area contributed by atoms with Gasteiger partial charge in [0.05, 0.1) is 11.2 Å². The maximum Gasteiger partial charge on any atom is 0.168 e. The zero-order valence-corrected chi connectivity index (χ0v) is 15.3. The van der Waals surface area contributed by atoms with E-state index in [9.17, 15) is 9.90 Å². The number of ether oxygens (including phenoxy) is 1. The molecule has 0 radical (unpaired) electrons. The molecule has 2 aliphatic rings. The second-order valence-corrected chi connectivity index (χ2v) is 8.21. The van der Waals surface area contributed by atoms with E-state index in [1.165, 1.54) is 0 Å². The SMILES string of the molecule is C/C1=C\CC[C@@](C)(O)/C=C/C(C(C)C)CC[C@@]2(C)O[C@H]2C(=O)C1.